The third-order valence-corrected chi connectivity index (χ3v) is 3.14. The van der Waals surface area contributed by atoms with E-state index in [1.165, 1.54) is 7.11 Å². The number of methoxy groups -OCH3 is 1. The van der Waals surface area contributed by atoms with Gasteiger partial charge in [-0.1, -0.05) is 29.4 Å². The number of benzene rings is 2. The van der Waals surface area contributed by atoms with Crippen LogP contribution < -0.4 is 15.2 Å². The highest BCUT2D eigenvalue weighted by Crippen LogP contribution is 2.22. The number of para-hydroxylation sites is 1. The number of nitrogens with zero attached hydrogens (tertiary/aromatic N) is 1. The molecule has 0 spiro atoms. The van der Waals surface area contributed by atoms with E-state index in [0.29, 0.717) is 17.9 Å². The van der Waals surface area contributed by atoms with Gasteiger partial charge in [0.1, 0.15) is 18.1 Å². The molecular weight excluding hydrogens is 268 g/mol. The zero-order chi connectivity index (χ0) is 15.2. The van der Waals surface area contributed by atoms with E-state index in [-0.39, 0.29) is 5.84 Å². The predicted octanol–water partition coefficient (Wildman–Crippen LogP) is 2.68. The molecule has 5 heteroatoms. The van der Waals surface area contributed by atoms with Crippen molar-refractivity contribution in [3.05, 3.63) is 59.2 Å². The van der Waals surface area contributed by atoms with E-state index in [0.717, 1.165) is 16.9 Å². The van der Waals surface area contributed by atoms with Crippen molar-refractivity contribution in [2.45, 2.75) is 13.5 Å². The summed E-state index contributed by atoms with van der Waals surface area (Å²) in [6, 6.07) is 13.2. The van der Waals surface area contributed by atoms with Crippen LogP contribution in [0.15, 0.2) is 47.6 Å². The first kappa shape index (κ1) is 14.7. The molecule has 0 saturated heterocycles. The van der Waals surface area contributed by atoms with Crippen LogP contribution >= 0.6 is 0 Å². The zero-order valence-corrected chi connectivity index (χ0v) is 12.0. The topological polar surface area (TPSA) is 77.1 Å². The van der Waals surface area contributed by atoms with Gasteiger partial charge in [0.05, 0.1) is 12.7 Å². The Hall–Kier alpha value is -2.69. The number of hydrogen-bond acceptors (Lipinski definition) is 4. The first-order valence-electron chi connectivity index (χ1n) is 6.49. The van der Waals surface area contributed by atoms with Gasteiger partial charge in [0.2, 0.25) is 0 Å². The van der Waals surface area contributed by atoms with Gasteiger partial charge in [0, 0.05) is 0 Å². The lowest BCUT2D eigenvalue weighted by atomic mass is 10.1. The molecule has 2 rings (SSSR count). The van der Waals surface area contributed by atoms with Gasteiger partial charge in [-0.05, 0) is 36.2 Å². The summed E-state index contributed by atoms with van der Waals surface area (Å²) in [7, 11) is 1.54. The molecule has 0 atom stereocenters. The molecule has 0 aliphatic rings. The molecule has 0 saturated carbocycles. The average Bonchev–Trinajstić information content (AvgIpc) is 2.53. The van der Waals surface area contributed by atoms with Gasteiger partial charge in [0.25, 0.3) is 0 Å². The first-order chi connectivity index (χ1) is 10.2. The molecule has 5 nitrogen and oxygen atoms in total. The molecule has 0 radical (unpaired) electrons. The molecule has 2 aromatic rings. The minimum absolute atomic E-state index is 0.0122. The summed E-state index contributed by atoms with van der Waals surface area (Å²) in [4.78, 5) is 0. The van der Waals surface area contributed by atoms with E-state index in [1.54, 1.807) is 6.07 Å². The van der Waals surface area contributed by atoms with Crippen LogP contribution in [0.1, 0.15) is 16.7 Å². The average molecular weight is 286 g/mol. The maximum absolute atomic E-state index is 8.74. The van der Waals surface area contributed by atoms with Crippen LogP contribution in [-0.4, -0.2) is 18.2 Å². The van der Waals surface area contributed by atoms with Crippen molar-refractivity contribution < 1.29 is 14.7 Å². The lowest BCUT2D eigenvalue weighted by Crippen LogP contribution is -2.14. The van der Waals surface area contributed by atoms with Crippen molar-refractivity contribution in [2.24, 2.45) is 10.9 Å². The van der Waals surface area contributed by atoms with Gasteiger partial charge in [-0.15, -0.1) is 0 Å². The van der Waals surface area contributed by atoms with Gasteiger partial charge in [0.15, 0.2) is 5.84 Å². The van der Waals surface area contributed by atoms with Crippen molar-refractivity contribution in [2.75, 3.05) is 7.11 Å². The third-order valence-electron chi connectivity index (χ3n) is 3.14. The number of hydrogen-bond donors (Lipinski definition) is 2. The van der Waals surface area contributed by atoms with E-state index < -0.39 is 0 Å². The number of ether oxygens (including phenoxy) is 2. The predicted molar refractivity (Wildman–Crippen MR) is 81.0 cm³/mol. The Morgan fingerprint density at radius 2 is 1.95 bits per heavy atom. The summed E-state index contributed by atoms with van der Waals surface area (Å²) in [6.07, 6.45) is 0. The third kappa shape index (κ3) is 3.45. The fourth-order valence-corrected chi connectivity index (χ4v) is 1.97. The van der Waals surface area contributed by atoms with Crippen molar-refractivity contribution in [3.63, 3.8) is 0 Å². The first-order valence-corrected chi connectivity index (χ1v) is 6.49. The minimum atomic E-state index is 0.0122. The standard InChI is InChI=1S/C16H18N2O3/c1-11-5-3-4-6-14(11)21-10-12-7-8-13(16(17)18-19)15(9-12)20-2/h3-9,19H,10H2,1-2H3,(H2,17,18). The largest absolute Gasteiger partial charge is 0.496 e. The number of nitrogens with two attached hydrogens (primary N) is 1. The van der Waals surface area contributed by atoms with Crippen LogP contribution in [-0.2, 0) is 6.61 Å². The van der Waals surface area contributed by atoms with Crippen LogP contribution in [0.2, 0.25) is 0 Å². The van der Waals surface area contributed by atoms with Crippen molar-refractivity contribution in [1.82, 2.24) is 0 Å². The summed E-state index contributed by atoms with van der Waals surface area (Å²) in [5, 5.41) is 11.7. The molecule has 0 amide bonds. The van der Waals surface area contributed by atoms with E-state index in [2.05, 4.69) is 5.16 Å². The van der Waals surface area contributed by atoms with Crippen molar-refractivity contribution in [1.29, 1.82) is 0 Å². The smallest absolute Gasteiger partial charge is 0.173 e. The number of aryl methyl sites for hydroxylation is 1. The maximum Gasteiger partial charge on any atom is 0.173 e. The molecule has 110 valence electrons. The van der Waals surface area contributed by atoms with E-state index in [9.17, 15) is 0 Å². The summed E-state index contributed by atoms with van der Waals surface area (Å²) < 4.78 is 11.0. The number of amidine groups is 1. The summed E-state index contributed by atoms with van der Waals surface area (Å²) in [5.74, 6) is 1.39. The quantitative estimate of drug-likeness (QED) is 0.383. The van der Waals surface area contributed by atoms with Gasteiger partial charge >= 0.3 is 0 Å². The fourth-order valence-electron chi connectivity index (χ4n) is 1.97. The highest BCUT2D eigenvalue weighted by atomic mass is 16.5. The molecule has 0 fully saturated rings. The molecule has 0 bridgehead atoms. The van der Waals surface area contributed by atoms with Gasteiger partial charge in [-0.2, -0.15) is 0 Å². The van der Waals surface area contributed by atoms with Gasteiger partial charge in [-0.3, -0.25) is 0 Å². The Morgan fingerprint density at radius 1 is 1.19 bits per heavy atom. The highest BCUT2D eigenvalue weighted by molar-refractivity contribution is 5.99. The second-order valence-electron chi connectivity index (χ2n) is 4.57. The Morgan fingerprint density at radius 3 is 2.62 bits per heavy atom. The Kier molecular flexibility index (Phi) is 4.66. The number of rotatable bonds is 5. The molecule has 21 heavy (non-hydrogen) atoms. The lowest BCUT2D eigenvalue weighted by Gasteiger charge is -2.12. The van der Waals surface area contributed by atoms with Crippen molar-refractivity contribution in [3.8, 4) is 11.5 Å². The van der Waals surface area contributed by atoms with E-state index in [1.807, 2.05) is 43.3 Å². The summed E-state index contributed by atoms with van der Waals surface area (Å²) >= 11 is 0. The van der Waals surface area contributed by atoms with Crippen LogP contribution in [0.4, 0.5) is 0 Å². The molecular formula is C16H18N2O3. The number of oxime groups is 1. The Labute approximate surface area is 123 Å². The molecule has 0 aromatic heterocycles. The molecule has 0 aliphatic carbocycles. The summed E-state index contributed by atoms with van der Waals surface area (Å²) in [6.45, 7) is 2.41. The summed E-state index contributed by atoms with van der Waals surface area (Å²) in [5.41, 5.74) is 8.15. The van der Waals surface area contributed by atoms with E-state index in [4.69, 9.17) is 20.4 Å². The normalized spacial score (nSPS) is 11.2. The van der Waals surface area contributed by atoms with Crippen molar-refractivity contribution >= 4 is 5.84 Å². The maximum atomic E-state index is 8.74. The SMILES string of the molecule is COc1cc(COc2ccccc2C)ccc1/C(N)=N/O. The van der Waals surface area contributed by atoms with Crippen LogP contribution in [0.5, 0.6) is 11.5 Å². The van der Waals surface area contributed by atoms with E-state index >= 15 is 0 Å². The highest BCUT2D eigenvalue weighted by Gasteiger charge is 2.09. The van der Waals surface area contributed by atoms with Crippen LogP contribution in [0.25, 0.3) is 0 Å². The molecule has 0 aliphatic heterocycles. The monoisotopic (exact) mass is 286 g/mol. The second kappa shape index (κ2) is 6.65. The fraction of sp³-hybridized carbons (Fsp3) is 0.188. The molecule has 0 unspecified atom stereocenters. The Balaban J connectivity index is 2.17. The minimum Gasteiger partial charge on any atom is -0.496 e. The van der Waals surface area contributed by atoms with Crippen LogP contribution in [0.3, 0.4) is 0 Å². The molecule has 3 N–H and O–H groups in total. The second-order valence-corrected chi connectivity index (χ2v) is 4.57. The van der Waals surface area contributed by atoms with Gasteiger partial charge in [-0.25, -0.2) is 0 Å². The molecule has 0 heterocycles. The Bertz CT molecular complexity index is 654. The van der Waals surface area contributed by atoms with Gasteiger partial charge < -0.3 is 20.4 Å². The lowest BCUT2D eigenvalue weighted by molar-refractivity contribution is 0.303. The molecule has 2 aromatic carbocycles. The zero-order valence-electron chi connectivity index (χ0n) is 12.0. The van der Waals surface area contributed by atoms with Crippen LogP contribution in [0, 0.1) is 6.92 Å².